The van der Waals surface area contributed by atoms with Gasteiger partial charge in [0, 0.05) is 35.1 Å². The number of benzene rings is 3. The maximum Gasteiger partial charge on any atom is 0.212 e. The van der Waals surface area contributed by atoms with Crippen molar-refractivity contribution in [3.05, 3.63) is 95.0 Å². The van der Waals surface area contributed by atoms with Crippen molar-refractivity contribution in [2.75, 3.05) is 7.05 Å². The Morgan fingerprint density at radius 2 is 1.70 bits per heavy atom. The van der Waals surface area contributed by atoms with Gasteiger partial charge in [0.15, 0.2) is 0 Å². The molecule has 30 heavy (non-hydrogen) atoms. The maximum absolute atomic E-state index is 6.06. The van der Waals surface area contributed by atoms with Gasteiger partial charge in [0.25, 0.3) is 0 Å². The van der Waals surface area contributed by atoms with E-state index in [0.717, 1.165) is 27.7 Å². The van der Waals surface area contributed by atoms with Crippen molar-refractivity contribution < 1.29 is 0 Å². The quantitative estimate of drug-likeness (QED) is 0.238. The summed E-state index contributed by atoms with van der Waals surface area (Å²) in [4.78, 5) is 7.72. The molecule has 1 aromatic heterocycles. The molecule has 0 radical (unpaired) electrons. The number of nitrogens with one attached hydrogen (secondary N) is 3. The zero-order valence-electron chi connectivity index (χ0n) is 16.6. The molecule has 4 rings (SSSR count). The van der Waals surface area contributed by atoms with Crippen LogP contribution in [0.15, 0.2) is 89.0 Å². The fourth-order valence-electron chi connectivity index (χ4n) is 3.25. The van der Waals surface area contributed by atoms with E-state index in [9.17, 15) is 0 Å². The number of H-pyrrole nitrogens is 1. The predicted molar refractivity (Wildman–Crippen MR) is 126 cm³/mol. The fraction of sp³-hybridized carbons (Fsp3) is 0.0833. The molecule has 0 bridgehead atoms. The second kappa shape index (κ2) is 9.29. The highest BCUT2D eigenvalue weighted by atomic mass is 35.5. The molecule has 0 spiro atoms. The Bertz CT molecular complexity index is 1180. The van der Waals surface area contributed by atoms with Crippen molar-refractivity contribution in [3.8, 4) is 11.3 Å². The van der Waals surface area contributed by atoms with Crippen LogP contribution in [0.25, 0.3) is 22.2 Å². The lowest BCUT2D eigenvalue weighted by atomic mass is 10.1. The monoisotopic (exact) mass is 415 g/mol. The van der Waals surface area contributed by atoms with Gasteiger partial charge in [0.2, 0.25) is 5.96 Å². The molecule has 1 heterocycles. The number of aliphatic imine (C=N–C) groups is 1. The van der Waals surface area contributed by atoms with Gasteiger partial charge in [-0.15, -0.1) is 0 Å². The Morgan fingerprint density at radius 1 is 0.967 bits per heavy atom. The summed E-state index contributed by atoms with van der Waals surface area (Å²) in [6, 6.07) is 26.1. The van der Waals surface area contributed by atoms with Crippen molar-refractivity contribution >= 4 is 34.7 Å². The molecule has 0 unspecified atom stereocenters. The first-order chi connectivity index (χ1) is 14.7. The molecule has 0 fully saturated rings. The zero-order valence-corrected chi connectivity index (χ0v) is 17.3. The first-order valence-electron chi connectivity index (χ1n) is 9.65. The SMILES string of the molecule is CN=C(NCc1ccccc1)NN=Cc1c(-c2ccc(Cl)cc2)[nH]c2ccccc12. The van der Waals surface area contributed by atoms with E-state index in [4.69, 9.17) is 11.6 Å². The number of para-hydroxylation sites is 1. The summed E-state index contributed by atoms with van der Waals surface area (Å²) >= 11 is 6.06. The summed E-state index contributed by atoms with van der Waals surface area (Å²) < 4.78 is 0. The number of rotatable bonds is 5. The van der Waals surface area contributed by atoms with Crippen LogP contribution >= 0.6 is 11.6 Å². The molecule has 3 aromatic carbocycles. The average Bonchev–Trinajstić information content (AvgIpc) is 3.16. The molecule has 0 aliphatic carbocycles. The van der Waals surface area contributed by atoms with Crippen LogP contribution in [0.5, 0.6) is 0 Å². The Morgan fingerprint density at radius 3 is 2.47 bits per heavy atom. The van der Waals surface area contributed by atoms with Crippen LogP contribution in [-0.2, 0) is 6.54 Å². The number of hydrogen-bond acceptors (Lipinski definition) is 2. The number of aromatic amines is 1. The molecule has 6 heteroatoms. The number of fused-ring (bicyclic) bond motifs is 1. The third-order valence-electron chi connectivity index (χ3n) is 4.77. The van der Waals surface area contributed by atoms with Gasteiger partial charge in [0.1, 0.15) is 0 Å². The van der Waals surface area contributed by atoms with Gasteiger partial charge in [-0.25, -0.2) is 5.43 Å². The number of guanidine groups is 1. The number of hydrazone groups is 1. The number of halogens is 1. The highest BCUT2D eigenvalue weighted by Gasteiger charge is 2.11. The highest BCUT2D eigenvalue weighted by molar-refractivity contribution is 6.30. The summed E-state index contributed by atoms with van der Waals surface area (Å²) in [5.41, 5.74) is 8.26. The van der Waals surface area contributed by atoms with Gasteiger partial charge < -0.3 is 10.3 Å². The van der Waals surface area contributed by atoms with E-state index in [2.05, 4.69) is 50.1 Å². The Hall–Kier alpha value is -3.57. The van der Waals surface area contributed by atoms with Crippen molar-refractivity contribution in [2.45, 2.75) is 6.54 Å². The lowest BCUT2D eigenvalue weighted by Gasteiger charge is -2.08. The molecule has 5 nitrogen and oxygen atoms in total. The molecular formula is C24H22ClN5. The molecule has 0 amide bonds. The summed E-state index contributed by atoms with van der Waals surface area (Å²) in [5.74, 6) is 0.600. The van der Waals surface area contributed by atoms with Crippen LogP contribution in [0, 0.1) is 0 Å². The topological polar surface area (TPSA) is 64.6 Å². The van der Waals surface area contributed by atoms with E-state index in [0.29, 0.717) is 17.5 Å². The molecule has 0 atom stereocenters. The third-order valence-corrected chi connectivity index (χ3v) is 5.02. The van der Waals surface area contributed by atoms with Crippen LogP contribution in [0.4, 0.5) is 0 Å². The van der Waals surface area contributed by atoms with E-state index < -0.39 is 0 Å². The summed E-state index contributed by atoms with van der Waals surface area (Å²) in [6.07, 6.45) is 1.82. The minimum absolute atomic E-state index is 0.600. The van der Waals surface area contributed by atoms with Crippen molar-refractivity contribution in [2.24, 2.45) is 10.1 Å². The summed E-state index contributed by atoms with van der Waals surface area (Å²) in [7, 11) is 1.72. The summed E-state index contributed by atoms with van der Waals surface area (Å²) in [6.45, 7) is 0.666. The fourth-order valence-corrected chi connectivity index (χ4v) is 3.38. The minimum Gasteiger partial charge on any atom is -0.354 e. The molecule has 0 aliphatic heterocycles. The van der Waals surface area contributed by atoms with Gasteiger partial charge in [0.05, 0.1) is 11.9 Å². The third kappa shape index (κ3) is 4.53. The van der Waals surface area contributed by atoms with Gasteiger partial charge in [-0.3, -0.25) is 4.99 Å². The molecule has 0 saturated heterocycles. The molecular weight excluding hydrogens is 394 g/mol. The van der Waals surface area contributed by atoms with Crippen molar-refractivity contribution in [3.63, 3.8) is 0 Å². The Labute approximate surface area is 180 Å². The smallest absolute Gasteiger partial charge is 0.212 e. The first kappa shape index (κ1) is 19.7. The second-order valence-electron chi connectivity index (χ2n) is 6.75. The van der Waals surface area contributed by atoms with Gasteiger partial charge >= 0.3 is 0 Å². The highest BCUT2D eigenvalue weighted by Crippen LogP contribution is 2.29. The lowest BCUT2D eigenvalue weighted by molar-refractivity contribution is 0.843. The van der Waals surface area contributed by atoms with E-state index in [1.54, 1.807) is 7.05 Å². The maximum atomic E-state index is 6.06. The van der Waals surface area contributed by atoms with Gasteiger partial charge in [-0.2, -0.15) is 5.10 Å². The Kier molecular flexibility index (Phi) is 6.11. The van der Waals surface area contributed by atoms with Crippen molar-refractivity contribution in [1.82, 2.24) is 15.7 Å². The van der Waals surface area contributed by atoms with Crippen LogP contribution < -0.4 is 10.7 Å². The van der Waals surface area contributed by atoms with Gasteiger partial charge in [-0.05, 0) is 29.3 Å². The molecule has 3 N–H and O–H groups in total. The molecule has 150 valence electrons. The first-order valence-corrected chi connectivity index (χ1v) is 10.0. The predicted octanol–water partition coefficient (Wildman–Crippen LogP) is 5.19. The molecule has 0 saturated carbocycles. The van der Waals surface area contributed by atoms with E-state index in [-0.39, 0.29) is 0 Å². The van der Waals surface area contributed by atoms with Crippen LogP contribution in [0.1, 0.15) is 11.1 Å². The van der Waals surface area contributed by atoms with Crippen molar-refractivity contribution in [1.29, 1.82) is 0 Å². The molecule has 0 aliphatic rings. The zero-order chi connectivity index (χ0) is 20.8. The van der Waals surface area contributed by atoms with Crippen LogP contribution in [-0.4, -0.2) is 24.2 Å². The lowest BCUT2D eigenvalue weighted by Crippen LogP contribution is -2.33. The van der Waals surface area contributed by atoms with Gasteiger partial charge in [-0.1, -0.05) is 72.3 Å². The Balaban J connectivity index is 1.55. The number of nitrogens with zero attached hydrogens (tertiary/aromatic N) is 2. The number of aromatic nitrogens is 1. The largest absolute Gasteiger partial charge is 0.354 e. The molecule has 4 aromatic rings. The second-order valence-corrected chi connectivity index (χ2v) is 7.18. The van der Waals surface area contributed by atoms with E-state index in [1.807, 2.05) is 60.8 Å². The van der Waals surface area contributed by atoms with Crippen LogP contribution in [0.3, 0.4) is 0 Å². The minimum atomic E-state index is 0.600. The van der Waals surface area contributed by atoms with E-state index >= 15 is 0 Å². The normalized spacial score (nSPS) is 11.9. The standard InChI is InChI=1S/C24H22ClN5/c1-26-24(27-15-17-7-3-2-4-8-17)30-28-16-21-20-9-5-6-10-22(20)29-23(21)18-11-13-19(25)14-12-18/h2-14,16,29H,15H2,1H3,(H2,26,27,30). The summed E-state index contributed by atoms with van der Waals surface area (Å²) in [5, 5.41) is 9.50. The van der Waals surface area contributed by atoms with Crippen LogP contribution in [0.2, 0.25) is 5.02 Å². The van der Waals surface area contributed by atoms with E-state index in [1.165, 1.54) is 5.56 Å². The number of hydrogen-bond donors (Lipinski definition) is 3. The average molecular weight is 416 g/mol.